The van der Waals surface area contributed by atoms with Crippen molar-refractivity contribution in [3.8, 4) is 0 Å². The van der Waals surface area contributed by atoms with E-state index in [1.54, 1.807) is 0 Å². The van der Waals surface area contributed by atoms with Gasteiger partial charge in [-0.15, -0.1) is 0 Å². The summed E-state index contributed by atoms with van der Waals surface area (Å²) in [5.41, 5.74) is 4.84. The van der Waals surface area contributed by atoms with Gasteiger partial charge in [-0.3, -0.25) is 4.79 Å². The predicted octanol–water partition coefficient (Wildman–Crippen LogP) is -0.767. The minimum Gasteiger partial charge on any atom is -0.480 e. The second-order valence-electron chi connectivity index (χ2n) is 1.13. The largest absolute Gasteiger partial charge is 0.480 e. The smallest absolute Gasteiger partial charge is 0.320 e. The van der Waals surface area contributed by atoms with Gasteiger partial charge >= 0.3 is 5.97 Å². The first-order valence-corrected chi connectivity index (χ1v) is 1.92. The molecule has 8 heavy (non-hydrogen) atoms. The first-order valence-electron chi connectivity index (χ1n) is 1.92. The van der Waals surface area contributed by atoms with E-state index in [4.69, 9.17) is 15.6 Å². The van der Waals surface area contributed by atoms with Gasteiger partial charge in [-0.2, -0.15) is 0 Å². The molecule has 0 amide bonds. The van der Waals surface area contributed by atoms with Crippen molar-refractivity contribution in [1.29, 1.82) is 0 Å². The third kappa shape index (κ3) is 8.92. The zero-order chi connectivity index (χ0) is 7.15. The molecule has 0 aliphatic heterocycles. The van der Waals surface area contributed by atoms with Crippen LogP contribution in [0.15, 0.2) is 0 Å². The van der Waals surface area contributed by atoms with Gasteiger partial charge in [-0.05, 0) is 6.92 Å². The Morgan fingerprint density at radius 2 is 1.88 bits per heavy atom. The third-order valence-electron chi connectivity index (χ3n) is 0.390. The van der Waals surface area contributed by atoms with Gasteiger partial charge in [-0.1, -0.05) is 0 Å². The molecule has 4 nitrogen and oxygen atoms in total. The SMILES string of the molecule is C=O.CC(N)C(=O)O. The van der Waals surface area contributed by atoms with Gasteiger partial charge < -0.3 is 15.6 Å². The van der Waals surface area contributed by atoms with E-state index >= 15 is 0 Å². The lowest BCUT2D eigenvalue weighted by atomic mass is 10.4. The number of carbonyl (C=O) groups excluding carboxylic acids is 1. The summed E-state index contributed by atoms with van der Waals surface area (Å²) in [6.07, 6.45) is 0. The average Bonchev–Trinajstić information content (AvgIpc) is 1.72. The van der Waals surface area contributed by atoms with E-state index in [2.05, 4.69) is 0 Å². The Balaban J connectivity index is 0. The summed E-state index contributed by atoms with van der Waals surface area (Å²) in [5, 5.41) is 7.87. The van der Waals surface area contributed by atoms with Crippen LogP contribution in [-0.2, 0) is 9.59 Å². The molecule has 4 heteroatoms. The highest BCUT2D eigenvalue weighted by molar-refractivity contribution is 5.72. The maximum Gasteiger partial charge on any atom is 0.320 e. The molecular weight excluding hydrogens is 110 g/mol. The van der Waals surface area contributed by atoms with Crippen molar-refractivity contribution in [3.05, 3.63) is 0 Å². The second kappa shape index (κ2) is 6.10. The number of nitrogens with two attached hydrogens (primary N) is 1. The molecule has 1 atom stereocenters. The fourth-order valence-corrected chi connectivity index (χ4v) is 0. The maximum atomic E-state index is 9.57. The van der Waals surface area contributed by atoms with E-state index in [0.717, 1.165) is 0 Å². The topological polar surface area (TPSA) is 80.4 Å². The Hall–Kier alpha value is -0.900. The fourth-order valence-electron chi connectivity index (χ4n) is 0. The molecule has 3 N–H and O–H groups in total. The fraction of sp³-hybridized carbons (Fsp3) is 0.500. The van der Waals surface area contributed by atoms with E-state index < -0.39 is 12.0 Å². The van der Waals surface area contributed by atoms with E-state index in [-0.39, 0.29) is 0 Å². The molecule has 0 bridgehead atoms. The number of carboxylic acids is 1. The van der Waals surface area contributed by atoms with Crippen molar-refractivity contribution in [2.45, 2.75) is 13.0 Å². The summed E-state index contributed by atoms with van der Waals surface area (Å²) in [6, 6.07) is -0.731. The highest BCUT2D eigenvalue weighted by Gasteiger charge is 1.99. The molecule has 1 unspecified atom stereocenters. The average molecular weight is 119 g/mol. The van der Waals surface area contributed by atoms with Gasteiger partial charge in [0.2, 0.25) is 0 Å². The molecule has 0 aromatic carbocycles. The van der Waals surface area contributed by atoms with Crippen LogP contribution in [0, 0.1) is 0 Å². The normalized spacial score (nSPS) is 10.8. The van der Waals surface area contributed by atoms with Gasteiger partial charge in [0.25, 0.3) is 0 Å². The quantitative estimate of drug-likeness (QED) is 0.475. The van der Waals surface area contributed by atoms with Crippen LogP contribution in [0.3, 0.4) is 0 Å². The monoisotopic (exact) mass is 119 g/mol. The molecule has 0 spiro atoms. The number of hydrogen-bond acceptors (Lipinski definition) is 3. The predicted molar refractivity (Wildman–Crippen MR) is 28.4 cm³/mol. The van der Waals surface area contributed by atoms with Gasteiger partial charge in [0.15, 0.2) is 0 Å². The Morgan fingerprint density at radius 3 is 1.88 bits per heavy atom. The first kappa shape index (κ1) is 10.2. The van der Waals surface area contributed by atoms with Crippen LogP contribution in [0.5, 0.6) is 0 Å². The zero-order valence-electron chi connectivity index (χ0n) is 4.63. The highest BCUT2D eigenvalue weighted by atomic mass is 16.4. The lowest BCUT2D eigenvalue weighted by Crippen LogP contribution is -2.25. The Kier molecular flexibility index (Phi) is 7.74. The minimum atomic E-state index is -0.963. The number of rotatable bonds is 1. The number of hydrogen-bond donors (Lipinski definition) is 2. The van der Waals surface area contributed by atoms with E-state index in [1.165, 1.54) is 6.92 Å². The van der Waals surface area contributed by atoms with Crippen LogP contribution in [0.1, 0.15) is 6.92 Å². The summed E-state index contributed by atoms with van der Waals surface area (Å²) in [7, 11) is 0. The van der Waals surface area contributed by atoms with Crippen molar-refractivity contribution in [3.63, 3.8) is 0 Å². The summed E-state index contributed by atoms with van der Waals surface area (Å²) < 4.78 is 0. The molecule has 0 saturated carbocycles. The standard InChI is InChI=1S/C3H7NO2.CH2O/c1-2(4)3(5)6;1-2/h2H,4H2,1H3,(H,5,6);1H2. The summed E-state index contributed by atoms with van der Waals surface area (Å²) in [6.45, 7) is 3.42. The van der Waals surface area contributed by atoms with Crippen molar-refractivity contribution >= 4 is 12.8 Å². The summed E-state index contributed by atoms with van der Waals surface area (Å²) in [4.78, 5) is 17.6. The lowest BCUT2D eigenvalue weighted by Gasteiger charge is -1.90. The Bertz CT molecular complexity index is 71.7. The first-order chi connectivity index (χ1) is 3.64. The Labute approximate surface area is 47.3 Å². The molecule has 0 aromatic heterocycles. The molecule has 0 radical (unpaired) electrons. The van der Waals surface area contributed by atoms with Crippen LogP contribution < -0.4 is 5.73 Å². The number of carbonyl (C=O) groups is 2. The molecule has 0 rings (SSSR count). The van der Waals surface area contributed by atoms with Gasteiger partial charge in [0.05, 0.1) is 0 Å². The highest BCUT2D eigenvalue weighted by Crippen LogP contribution is 1.68. The molecule has 0 aromatic rings. The lowest BCUT2D eigenvalue weighted by molar-refractivity contribution is -0.138. The summed E-state index contributed by atoms with van der Waals surface area (Å²) in [5.74, 6) is -0.963. The maximum absolute atomic E-state index is 9.57. The van der Waals surface area contributed by atoms with E-state index in [0.29, 0.717) is 0 Å². The van der Waals surface area contributed by atoms with Gasteiger partial charge in [0.1, 0.15) is 12.8 Å². The molecule has 0 aliphatic rings. The van der Waals surface area contributed by atoms with Crippen molar-refractivity contribution < 1.29 is 14.7 Å². The molecule has 0 aliphatic carbocycles. The van der Waals surface area contributed by atoms with E-state index in [1.807, 2.05) is 6.79 Å². The molecular formula is C4H9NO3. The molecule has 0 fully saturated rings. The zero-order valence-corrected chi connectivity index (χ0v) is 4.63. The third-order valence-corrected chi connectivity index (χ3v) is 0.390. The van der Waals surface area contributed by atoms with Crippen LogP contribution in [0.2, 0.25) is 0 Å². The van der Waals surface area contributed by atoms with Crippen molar-refractivity contribution in [1.82, 2.24) is 0 Å². The molecule has 0 saturated heterocycles. The van der Waals surface area contributed by atoms with Crippen LogP contribution in [0.25, 0.3) is 0 Å². The van der Waals surface area contributed by atoms with Crippen LogP contribution in [0.4, 0.5) is 0 Å². The summed E-state index contributed by atoms with van der Waals surface area (Å²) >= 11 is 0. The van der Waals surface area contributed by atoms with Crippen molar-refractivity contribution in [2.24, 2.45) is 5.73 Å². The second-order valence-corrected chi connectivity index (χ2v) is 1.13. The number of aliphatic carboxylic acids is 1. The van der Waals surface area contributed by atoms with Gasteiger partial charge in [0, 0.05) is 0 Å². The molecule has 0 heterocycles. The van der Waals surface area contributed by atoms with Gasteiger partial charge in [-0.25, -0.2) is 0 Å². The van der Waals surface area contributed by atoms with Crippen LogP contribution in [-0.4, -0.2) is 23.9 Å². The molecule has 48 valence electrons. The number of carboxylic acid groups (broad SMARTS) is 1. The van der Waals surface area contributed by atoms with Crippen LogP contribution >= 0.6 is 0 Å². The van der Waals surface area contributed by atoms with E-state index in [9.17, 15) is 4.79 Å². The Morgan fingerprint density at radius 1 is 1.75 bits per heavy atom. The minimum absolute atomic E-state index is 0.731. The van der Waals surface area contributed by atoms with Crippen molar-refractivity contribution in [2.75, 3.05) is 0 Å².